The van der Waals surface area contributed by atoms with Gasteiger partial charge in [0.15, 0.2) is 11.1 Å². The van der Waals surface area contributed by atoms with Gasteiger partial charge in [0, 0.05) is 50.6 Å². The number of hydrogen-bond acceptors (Lipinski definition) is 6. The standard InChI is InChI=1S/C15H24N6S2/c1-5-12-9-18-13(23-12)6-7-17-14(16-2)19-8-11-10-22-15(20-11)21(3)4/h9-10H,5-8H2,1-4H3,(H2,16,17,19). The molecular weight excluding hydrogens is 328 g/mol. The first-order chi connectivity index (χ1) is 11.1. The predicted molar refractivity (Wildman–Crippen MR) is 99.8 cm³/mol. The second-order valence-electron chi connectivity index (χ2n) is 5.19. The van der Waals surface area contributed by atoms with Gasteiger partial charge in [0.05, 0.1) is 17.2 Å². The van der Waals surface area contributed by atoms with Gasteiger partial charge in [-0.3, -0.25) is 4.99 Å². The number of thiazole rings is 2. The van der Waals surface area contributed by atoms with E-state index in [9.17, 15) is 0 Å². The molecule has 0 unspecified atom stereocenters. The molecule has 2 aromatic rings. The van der Waals surface area contributed by atoms with E-state index in [1.807, 2.05) is 25.2 Å². The molecule has 2 N–H and O–H groups in total. The highest BCUT2D eigenvalue weighted by atomic mass is 32.1. The molecule has 0 aliphatic carbocycles. The Morgan fingerprint density at radius 2 is 2.17 bits per heavy atom. The molecule has 0 aliphatic rings. The number of guanidine groups is 1. The van der Waals surface area contributed by atoms with Crippen molar-refractivity contribution in [1.82, 2.24) is 20.6 Å². The molecule has 0 atom stereocenters. The van der Waals surface area contributed by atoms with Crippen LogP contribution in [-0.2, 0) is 19.4 Å². The van der Waals surface area contributed by atoms with E-state index in [2.05, 4.69) is 37.9 Å². The fourth-order valence-electron chi connectivity index (χ4n) is 1.89. The van der Waals surface area contributed by atoms with Crippen LogP contribution in [0.2, 0.25) is 0 Å². The maximum Gasteiger partial charge on any atom is 0.191 e. The summed E-state index contributed by atoms with van der Waals surface area (Å²) in [5.74, 6) is 0.789. The summed E-state index contributed by atoms with van der Waals surface area (Å²) >= 11 is 3.43. The van der Waals surface area contributed by atoms with Crippen LogP contribution in [0.15, 0.2) is 16.6 Å². The first-order valence-corrected chi connectivity index (χ1v) is 9.31. The Kier molecular flexibility index (Phi) is 6.79. The van der Waals surface area contributed by atoms with Crippen molar-refractivity contribution in [2.75, 3.05) is 32.6 Å². The summed E-state index contributed by atoms with van der Waals surface area (Å²) < 4.78 is 0. The molecule has 0 aromatic carbocycles. The zero-order valence-corrected chi connectivity index (χ0v) is 15.7. The van der Waals surface area contributed by atoms with Crippen molar-refractivity contribution in [1.29, 1.82) is 0 Å². The number of nitrogens with one attached hydrogen (secondary N) is 2. The van der Waals surface area contributed by atoms with Crippen LogP contribution in [0.1, 0.15) is 22.5 Å². The number of nitrogens with zero attached hydrogens (tertiary/aromatic N) is 4. The highest BCUT2D eigenvalue weighted by Crippen LogP contribution is 2.17. The minimum absolute atomic E-state index is 0.668. The second kappa shape index (κ2) is 8.83. The number of anilines is 1. The number of aliphatic imine (C=N–C) groups is 1. The minimum atomic E-state index is 0.668. The third-order valence-electron chi connectivity index (χ3n) is 3.16. The summed E-state index contributed by atoms with van der Waals surface area (Å²) in [6.07, 6.45) is 3.93. The zero-order chi connectivity index (χ0) is 16.7. The van der Waals surface area contributed by atoms with E-state index in [0.717, 1.165) is 36.2 Å². The Morgan fingerprint density at radius 3 is 2.78 bits per heavy atom. The lowest BCUT2D eigenvalue weighted by atomic mass is 10.4. The third kappa shape index (κ3) is 5.47. The number of aromatic nitrogens is 2. The molecule has 2 aromatic heterocycles. The van der Waals surface area contributed by atoms with Crippen LogP contribution in [0, 0.1) is 0 Å². The average Bonchev–Trinajstić information content (AvgIpc) is 3.19. The summed E-state index contributed by atoms with van der Waals surface area (Å²) in [7, 11) is 5.78. The summed E-state index contributed by atoms with van der Waals surface area (Å²) in [5.41, 5.74) is 1.02. The maximum absolute atomic E-state index is 4.55. The molecule has 0 saturated heterocycles. The van der Waals surface area contributed by atoms with Crippen LogP contribution in [0.5, 0.6) is 0 Å². The predicted octanol–water partition coefficient (Wildman–Crippen LogP) is 2.14. The lowest BCUT2D eigenvalue weighted by Crippen LogP contribution is -2.37. The van der Waals surface area contributed by atoms with Crippen molar-refractivity contribution < 1.29 is 0 Å². The van der Waals surface area contributed by atoms with Gasteiger partial charge in [-0.15, -0.1) is 22.7 Å². The molecular formula is C15H24N6S2. The van der Waals surface area contributed by atoms with Crippen LogP contribution >= 0.6 is 22.7 Å². The van der Waals surface area contributed by atoms with E-state index in [1.165, 1.54) is 9.88 Å². The molecule has 126 valence electrons. The Labute approximate surface area is 145 Å². The van der Waals surface area contributed by atoms with Crippen LogP contribution in [0.4, 0.5) is 5.13 Å². The van der Waals surface area contributed by atoms with Gasteiger partial charge in [-0.05, 0) is 6.42 Å². The number of hydrogen-bond donors (Lipinski definition) is 2. The van der Waals surface area contributed by atoms with E-state index < -0.39 is 0 Å². The van der Waals surface area contributed by atoms with Gasteiger partial charge < -0.3 is 15.5 Å². The van der Waals surface area contributed by atoms with Gasteiger partial charge in [-0.25, -0.2) is 9.97 Å². The summed E-state index contributed by atoms with van der Waals surface area (Å²) in [4.78, 5) is 16.6. The van der Waals surface area contributed by atoms with E-state index in [0.29, 0.717) is 6.54 Å². The van der Waals surface area contributed by atoms with Crippen LogP contribution in [-0.4, -0.2) is 43.6 Å². The lowest BCUT2D eigenvalue weighted by molar-refractivity contribution is 0.783. The molecule has 2 heterocycles. The molecule has 0 aliphatic heterocycles. The first kappa shape index (κ1) is 17.7. The smallest absolute Gasteiger partial charge is 0.191 e. The molecule has 8 heteroatoms. The molecule has 0 saturated carbocycles. The molecule has 0 amide bonds. The van der Waals surface area contributed by atoms with Crippen molar-refractivity contribution in [2.45, 2.75) is 26.3 Å². The monoisotopic (exact) mass is 352 g/mol. The van der Waals surface area contributed by atoms with Crippen molar-refractivity contribution >= 4 is 33.8 Å². The highest BCUT2D eigenvalue weighted by molar-refractivity contribution is 7.13. The summed E-state index contributed by atoms with van der Waals surface area (Å²) in [6, 6.07) is 0. The highest BCUT2D eigenvalue weighted by Gasteiger charge is 2.05. The first-order valence-electron chi connectivity index (χ1n) is 7.62. The largest absolute Gasteiger partial charge is 0.356 e. The van der Waals surface area contributed by atoms with Gasteiger partial charge in [0.1, 0.15) is 0 Å². The Morgan fingerprint density at radius 1 is 1.35 bits per heavy atom. The number of rotatable bonds is 7. The molecule has 0 spiro atoms. The molecule has 0 fully saturated rings. The molecule has 0 radical (unpaired) electrons. The lowest BCUT2D eigenvalue weighted by Gasteiger charge is -2.10. The van der Waals surface area contributed by atoms with Crippen LogP contribution < -0.4 is 15.5 Å². The Bertz CT molecular complexity index is 631. The van der Waals surface area contributed by atoms with Crippen molar-refractivity contribution in [2.24, 2.45) is 4.99 Å². The Hall–Kier alpha value is -1.67. The van der Waals surface area contributed by atoms with Gasteiger partial charge in [0.2, 0.25) is 0 Å². The van der Waals surface area contributed by atoms with Crippen LogP contribution in [0.3, 0.4) is 0 Å². The van der Waals surface area contributed by atoms with Crippen molar-refractivity contribution in [3.63, 3.8) is 0 Å². The topological polar surface area (TPSA) is 65.4 Å². The molecule has 23 heavy (non-hydrogen) atoms. The SMILES string of the molecule is CCc1cnc(CCNC(=NC)NCc2csc(N(C)C)n2)s1. The fourth-order valence-corrected chi connectivity index (χ4v) is 3.51. The summed E-state index contributed by atoms with van der Waals surface area (Å²) in [6.45, 7) is 3.64. The third-order valence-corrected chi connectivity index (χ3v) is 5.42. The van der Waals surface area contributed by atoms with E-state index in [1.54, 1.807) is 29.7 Å². The quantitative estimate of drug-likeness (QED) is 0.590. The normalized spacial score (nSPS) is 11.6. The second-order valence-corrected chi connectivity index (χ2v) is 7.23. The van der Waals surface area contributed by atoms with E-state index in [-0.39, 0.29) is 0 Å². The van der Waals surface area contributed by atoms with Crippen molar-refractivity contribution in [3.05, 3.63) is 27.2 Å². The summed E-state index contributed by atoms with van der Waals surface area (Å²) in [5, 5.41) is 10.9. The molecule has 6 nitrogen and oxygen atoms in total. The zero-order valence-electron chi connectivity index (χ0n) is 14.1. The van der Waals surface area contributed by atoms with Crippen molar-refractivity contribution in [3.8, 4) is 0 Å². The molecule has 0 bridgehead atoms. The van der Waals surface area contributed by atoms with Gasteiger partial charge in [-0.2, -0.15) is 0 Å². The maximum atomic E-state index is 4.55. The van der Waals surface area contributed by atoms with Gasteiger partial charge in [-0.1, -0.05) is 6.92 Å². The fraction of sp³-hybridized carbons (Fsp3) is 0.533. The van der Waals surface area contributed by atoms with E-state index in [4.69, 9.17) is 0 Å². The number of aryl methyl sites for hydroxylation is 1. The van der Waals surface area contributed by atoms with Gasteiger partial charge >= 0.3 is 0 Å². The van der Waals surface area contributed by atoms with E-state index >= 15 is 0 Å². The Balaban J connectivity index is 1.74. The van der Waals surface area contributed by atoms with Gasteiger partial charge in [0.25, 0.3) is 0 Å². The minimum Gasteiger partial charge on any atom is -0.356 e. The van der Waals surface area contributed by atoms with Crippen LogP contribution in [0.25, 0.3) is 0 Å². The average molecular weight is 353 g/mol. The molecule has 2 rings (SSSR count).